The summed E-state index contributed by atoms with van der Waals surface area (Å²) in [5.41, 5.74) is 1.57. The van der Waals surface area contributed by atoms with Crippen LogP contribution in [0.1, 0.15) is 31.4 Å². The summed E-state index contributed by atoms with van der Waals surface area (Å²) in [5, 5.41) is 16.2. The van der Waals surface area contributed by atoms with Crippen molar-refractivity contribution in [1.82, 2.24) is 19.5 Å². The second-order valence-electron chi connectivity index (χ2n) is 6.66. The minimum absolute atomic E-state index is 0.0259. The fourth-order valence-electron chi connectivity index (χ4n) is 2.78. The summed E-state index contributed by atoms with van der Waals surface area (Å²) in [5.74, 6) is 2.67. The van der Waals surface area contributed by atoms with Gasteiger partial charge in [-0.3, -0.25) is 0 Å². The van der Waals surface area contributed by atoms with Crippen molar-refractivity contribution in [3.8, 4) is 5.75 Å². The zero-order chi connectivity index (χ0) is 18.7. The Morgan fingerprint density at radius 2 is 1.96 bits per heavy atom. The molecule has 0 radical (unpaired) electrons. The normalized spacial score (nSPS) is 12.2. The zero-order valence-corrected chi connectivity index (χ0v) is 15.4. The van der Waals surface area contributed by atoms with E-state index in [1.54, 1.807) is 24.4 Å². The average molecular weight is 352 g/mol. The van der Waals surface area contributed by atoms with Gasteiger partial charge in [0.25, 0.3) is 0 Å². The van der Waals surface area contributed by atoms with E-state index in [-0.39, 0.29) is 11.8 Å². The van der Waals surface area contributed by atoms with Gasteiger partial charge in [-0.2, -0.15) is 4.98 Å². The van der Waals surface area contributed by atoms with Crippen molar-refractivity contribution < 1.29 is 5.11 Å². The van der Waals surface area contributed by atoms with Gasteiger partial charge in [-0.05, 0) is 25.0 Å². The average Bonchev–Trinajstić information content (AvgIpc) is 2.97. The quantitative estimate of drug-likeness (QED) is 0.626. The Kier molecular flexibility index (Phi) is 5.06. The highest BCUT2D eigenvalue weighted by atomic mass is 16.3. The minimum atomic E-state index is 0.0259. The maximum absolute atomic E-state index is 9.61. The number of hydrogen-bond donors (Lipinski definition) is 3. The second kappa shape index (κ2) is 7.43. The third kappa shape index (κ3) is 4.11. The number of aryl methyl sites for hydroxylation is 2. The van der Waals surface area contributed by atoms with Gasteiger partial charge >= 0.3 is 0 Å². The Balaban J connectivity index is 1.86. The van der Waals surface area contributed by atoms with E-state index < -0.39 is 0 Å². The van der Waals surface area contributed by atoms with Gasteiger partial charge in [-0.15, -0.1) is 0 Å². The molecule has 0 bridgehead atoms. The molecular formula is C19H24N6O. The second-order valence-corrected chi connectivity index (χ2v) is 6.66. The van der Waals surface area contributed by atoms with E-state index in [2.05, 4.69) is 39.4 Å². The Labute approximate surface area is 153 Å². The number of imidazole rings is 1. The van der Waals surface area contributed by atoms with Crippen molar-refractivity contribution in [2.75, 3.05) is 10.6 Å². The maximum Gasteiger partial charge on any atom is 0.229 e. The number of aromatic hydroxyl groups is 1. The van der Waals surface area contributed by atoms with E-state index in [4.69, 9.17) is 0 Å². The van der Waals surface area contributed by atoms with Crippen LogP contribution in [0, 0.1) is 12.8 Å². The van der Waals surface area contributed by atoms with E-state index in [1.165, 1.54) is 0 Å². The van der Waals surface area contributed by atoms with Gasteiger partial charge in [-0.25, -0.2) is 9.97 Å². The van der Waals surface area contributed by atoms with E-state index in [0.717, 1.165) is 23.0 Å². The molecule has 2 heterocycles. The molecule has 0 aliphatic heterocycles. The third-order valence-corrected chi connectivity index (χ3v) is 4.06. The Morgan fingerprint density at radius 3 is 2.62 bits per heavy atom. The molecule has 3 N–H and O–H groups in total. The summed E-state index contributed by atoms with van der Waals surface area (Å²) >= 11 is 0. The molecule has 26 heavy (non-hydrogen) atoms. The minimum Gasteiger partial charge on any atom is -0.508 e. The summed E-state index contributed by atoms with van der Waals surface area (Å²) in [6, 6.07) is 8.80. The van der Waals surface area contributed by atoms with Gasteiger partial charge in [0.15, 0.2) is 0 Å². The molecule has 0 saturated carbocycles. The first-order chi connectivity index (χ1) is 12.4. The molecule has 0 saturated heterocycles. The van der Waals surface area contributed by atoms with E-state index in [9.17, 15) is 5.11 Å². The van der Waals surface area contributed by atoms with Gasteiger partial charge in [0.1, 0.15) is 17.4 Å². The Morgan fingerprint density at radius 1 is 1.15 bits per heavy atom. The van der Waals surface area contributed by atoms with Crippen LogP contribution in [0.15, 0.2) is 42.7 Å². The van der Waals surface area contributed by atoms with Crippen LogP contribution in [-0.2, 0) is 7.05 Å². The Bertz CT molecular complexity index is 889. The first kappa shape index (κ1) is 17.7. The highest BCUT2D eigenvalue weighted by Crippen LogP contribution is 2.26. The van der Waals surface area contributed by atoms with Crippen molar-refractivity contribution in [3.63, 3.8) is 0 Å². The summed E-state index contributed by atoms with van der Waals surface area (Å²) < 4.78 is 2.01. The molecule has 3 aromatic rings. The molecule has 2 aromatic heterocycles. The molecule has 0 aliphatic rings. The molecule has 3 rings (SSSR count). The number of phenolic OH excluding ortho intramolecular Hbond substituents is 1. The van der Waals surface area contributed by atoms with Crippen molar-refractivity contribution in [3.05, 3.63) is 54.2 Å². The van der Waals surface area contributed by atoms with Crippen LogP contribution in [-0.4, -0.2) is 24.6 Å². The standard InChI is InChI=1S/C19H24N6O/c1-12(2)17(18-20-8-9-25(18)4)23-16-10-13(3)21-19(24-16)22-14-6-5-7-15(26)11-14/h5-12,17,26H,1-4H3,(H2,21,22,23,24)/t17-/m1/s1. The lowest BCUT2D eigenvalue weighted by Gasteiger charge is -2.23. The van der Waals surface area contributed by atoms with Gasteiger partial charge in [0, 0.05) is 43.0 Å². The van der Waals surface area contributed by atoms with Crippen LogP contribution in [0.25, 0.3) is 0 Å². The summed E-state index contributed by atoms with van der Waals surface area (Å²) in [6.07, 6.45) is 3.74. The number of rotatable bonds is 6. The highest BCUT2D eigenvalue weighted by molar-refractivity contribution is 5.57. The fraction of sp³-hybridized carbons (Fsp3) is 0.316. The predicted molar refractivity (Wildman–Crippen MR) is 103 cm³/mol. The predicted octanol–water partition coefficient (Wildman–Crippen LogP) is 3.78. The van der Waals surface area contributed by atoms with Crippen LogP contribution >= 0.6 is 0 Å². The number of anilines is 3. The van der Waals surface area contributed by atoms with Crippen LogP contribution < -0.4 is 10.6 Å². The molecule has 1 aromatic carbocycles. The first-order valence-electron chi connectivity index (χ1n) is 8.58. The van der Waals surface area contributed by atoms with Crippen LogP contribution in [0.3, 0.4) is 0 Å². The number of hydrogen-bond acceptors (Lipinski definition) is 6. The molecule has 0 spiro atoms. The SMILES string of the molecule is Cc1cc(N[C@@H](c2nccn2C)C(C)C)nc(Nc2cccc(O)c2)n1. The molecule has 1 atom stereocenters. The Hall–Kier alpha value is -3.09. The lowest BCUT2D eigenvalue weighted by Crippen LogP contribution is -2.21. The summed E-state index contributed by atoms with van der Waals surface area (Å²) in [7, 11) is 1.99. The van der Waals surface area contributed by atoms with Crippen molar-refractivity contribution in [2.24, 2.45) is 13.0 Å². The largest absolute Gasteiger partial charge is 0.508 e. The molecular weight excluding hydrogens is 328 g/mol. The molecule has 136 valence electrons. The highest BCUT2D eigenvalue weighted by Gasteiger charge is 2.20. The fourth-order valence-corrected chi connectivity index (χ4v) is 2.78. The van der Waals surface area contributed by atoms with Crippen LogP contribution in [0.5, 0.6) is 5.75 Å². The monoisotopic (exact) mass is 352 g/mol. The van der Waals surface area contributed by atoms with Crippen LogP contribution in [0.2, 0.25) is 0 Å². The smallest absolute Gasteiger partial charge is 0.229 e. The number of nitrogens with zero attached hydrogens (tertiary/aromatic N) is 4. The van der Waals surface area contributed by atoms with Crippen molar-refractivity contribution in [2.45, 2.75) is 26.8 Å². The van der Waals surface area contributed by atoms with E-state index >= 15 is 0 Å². The van der Waals surface area contributed by atoms with E-state index in [1.807, 2.05) is 36.9 Å². The number of aromatic nitrogens is 4. The number of phenols is 1. The van der Waals surface area contributed by atoms with Gasteiger partial charge < -0.3 is 20.3 Å². The first-order valence-corrected chi connectivity index (χ1v) is 8.58. The van der Waals surface area contributed by atoms with Gasteiger partial charge in [-0.1, -0.05) is 19.9 Å². The van der Waals surface area contributed by atoms with Crippen molar-refractivity contribution in [1.29, 1.82) is 0 Å². The van der Waals surface area contributed by atoms with Gasteiger partial charge in [0.05, 0.1) is 6.04 Å². The molecule has 0 fully saturated rings. The lowest BCUT2D eigenvalue weighted by atomic mass is 10.0. The third-order valence-electron chi connectivity index (χ3n) is 4.06. The number of nitrogens with one attached hydrogen (secondary N) is 2. The maximum atomic E-state index is 9.61. The van der Waals surface area contributed by atoms with Crippen LogP contribution in [0.4, 0.5) is 17.5 Å². The van der Waals surface area contributed by atoms with E-state index in [0.29, 0.717) is 11.9 Å². The lowest BCUT2D eigenvalue weighted by molar-refractivity contribution is 0.475. The molecule has 0 amide bonds. The summed E-state index contributed by atoms with van der Waals surface area (Å²) in [4.78, 5) is 13.5. The summed E-state index contributed by atoms with van der Waals surface area (Å²) in [6.45, 7) is 6.21. The molecule has 7 nitrogen and oxygen atoms in total. The zero-order valence-electron chi connectivity index (χ0n) is 15.4. The van der Waals surface area contributed by atoms with Crippen molar-refractivity contribution >= 4 is 17.5 Å². The number of benzene rings is 1. The van der Waals surface area contributed by atoms with Gasteiger partial charge in [0.2, 0.25) is 5.95 Å². The molecule has 0 unspecified atom stereocenters. The molecule has 7 heteroatoms. The topological polar surface area (TPSA) is 87.9 Å². The molecule has 0 aliphatic carbocycles.